The fourth-order valence-electron chi connectivity index (χ4n) is 5.43. The number of carbonyl (C=O) groups excluding carboxylic acids is 1. The largest absolute Gasteiger partial charge is 0.388 e. The smallest absolute Gasteiger partial charge is 0.295 e. The quantitative estimate of drug-likeness (QED) is 0.115. The molecular formula is C35H28N6O4S. The minimum atomic E-state index is -4.55. The van der Waals surface area contributed by atoms with Crippen LogP contribution in [0.3, 0.4) is 0 Å². The lowest BCUT2D eigenvalue weighted by atomic mass is 10.0. The van der Waals surface area contributed by atoms with Crippen molar-refractivity contribution in [2.75, 3.05) is 17.7 Å². The summed E-state index contributed by atoms with van der Waals surface area (Å²) in [6.45, 7) is 0. The summed E-state index contributed by atoms with van der Waals surface area (Å²) in [7, 11) is -2.65. The molecule has 0 atom stereocenters. The van der Waals surface area contributed by atoms with E-state index >= 15 is 0 Å². The second kappa shape index (κ2) is 11.6. The molecule has 0 spiro atoms. The Morgan fingerprint density at radius 1 is 0.717 bits per heavy atom. The van der Waals surface area contributed by atoms with Crippen molar-refractivity contribution in [3.05, 3.63) is 126 Å². The summed E-state index contributed by atoms with van der Waals surface area (Å²) in [5.74, 6) is 0.860. The van der Waals surface area contributed by atoms with Crippen molar-refractivity contribution >= 4 is 49.5 Å². The number of rotatable bonds is 8. The number of nitrogens with one attached hydrogen (secondary N) is 4. The van der Waals surface area contributed by atoms with Gasteiger partial charge in [-0.2, -0.15) is 8.42 Å². The molecular weight excluding hydrogens is 600 g/mol. The molecule has 0 bridgehead atoms. The van der Waals surface area contributed by atoms with Gasteiger partial charge in [0.15, 0.2) is 0 Å². The third kappa shape index (κ3) is 5.84. The highest BCUT2D eigenvalue weighted by atomic mass is 32.2. The number of carbonyl (C=O) groups is 1. The number of amides is 1. The maximum atomic E-state index is 12.7. The van der Waals surface area contributed by atoms with E-state index in [1.807, 2.05) is 55.6 Å². The first kappa shape index (κ1) is 29.0. The zero-order valence-corrected chi connectivity index (χ0v) is 25.4. The van der Waals surface area contributed by atoms with Gasteiger partial charge in [0.05, 0.1) is 27.6 Å². The molecule has 0 aliphatic heterocycles. The maximum Gasteiger partial charge on any atom is 0.295 e. The number of anilines is 2. The third-order valence-electron chi connectivity index (χ3n) is 7.77. The van der Waals surface area contributed by atoms with E-state index in [0.717, 1.165) is 62.3 Å². The van der Waals surface area contributed by atoms with E-state index in [2.05, 4.69) is 44.9 Å². The van der Waals surface area contributed by atoms with Crippen LogP contribution >= 0.6 is 0 Å². The van der Waals surface area contributed by atoms with Crippen LogP contribution in [0.1, 0.15) is 21.5 Å². The van der Waals surface area contributed by atoms with Crippen LogP contribution in [0.15, 0.2) is 114 Å². The average Bonchev–Trinajstić information content (AvgIpc) is 3.69. The molecule has 2 aromatic heterocycles. The molecule has 0 unspecified atom stereocenters. The van der Waals surface area contributed by atoms with Gasteiger partial charge < -0.3 is 20.6 Å². The zero-order valence-electron chi connectivity index (χ0n) is 24.6. The van der Waals surface area contributed by atoms with Crippen LogP contribution in [0.4, 0.5) is 11.4 Å². The lowest BCUT2D eigenvalue weighted by Crippen LogP contribution is -2.16. The lowest BCUT2D eigenvalue weighted by Gasteiger charge is -2.08. The average molecular weight is 629 g/mol. The standard InChI is InChI=1S/C35H28N6O4S/c1-36-25-12-8-23(9-13-25)33-38-28-16-6-21(19-30(28)40-33)18-22-7-17-29-31(20-22)41-34(39-29)24-10-14-26(15-11-24)37-35(42)27-4-2-3-5-32(27)46(43,44)45/h2-17,19-20,36H,18H2,1H3,(H,37,42)(H,38,40)(H,39,41)(H,43,44,45). The number of fused-ring (bicyclic) bond motifs is 2. The minimum absolute atomic E-state index is 0.146. The van der Waals surface area contributed by atoms with Gasteiger partial charge in [-0.15, -0.1) is 0 Å². The fourth-order valence-corrected chi connectivity index (χ4v) is 6.12. The van der Waals surface area contributed by atoms with E-state index < -0.39 is 20.9 Å². The van der Waals surface area contributed by atoms with Gasteiger partial charge in [0.1, 0.15) is 16.5 Å². The molecule has 7 aromatic rings. The summed E-state index contributed by atoms with van der Waals surface area (Å²) in [6, 6.07) is 33.1. The Labute approximate surface area is 264 Å². The van der Waals surface area contributed by atoms with Crippen molar-refractivity contribution in [2.24, 2.45) is 0 Å². The van der Waals surface area contributed by atoms with Gasteiger partial charge in [-0.05, 0) is 102 Å². The molecule has 7 rings (SSSR count). The minimum Gasteiger partial charge on any atom is -0.388 e. The molecule has 0 aliphatic carbocycles. The number of benzene rings is 5. The molecule has 228 valence electrons. The highest BCUT2D eigenvalue weighted by Gasteiger charge is 2.20. The third-order valence-corrected chi connectivity index (χ3v) is 8.69. The van der Waals surface area contributed by atoms with Gasteiger partial charge in [-0.25, -0.2) is 9.97 Å². The van der Waals surface area contributed by atoms with E-state index in [4.69, 9.17) is 9.97 Å². The number of imidazole rings is 2. The van der Waals surface area contributed by atoms with E-state index in [1.54, 1.807) is 12.1 Å². The summed E-state index contributed by atoms with van der Waals surface area (Å²) < 4.78 is 32.8. The highest BCUT2D eigenvalue weighted by molar-refractivity contribution is 7.86. The van der Waals surface area contributed by atoms with Crippen molar-refractivity contribution in [3.63, 3.8) is 0 Å². The molecule has 11 heteroatoms. The van der Waals surface area contributed by atoms with Crippen molar-refractivity contribution in [2.45, 2.75) is 11.3 Å². The van der Waals surface area contributed by atoms with Crippen LogP contribution in [0.2, 0.25) is 0 Å². The first-order valence-electron chi connectivity index (χ1n) is 14.5. The second-order valence-corrected chi connectivity index (χ2v) is 12.3. The van der Waals surface area contributed by atoms with Crippen LogP contribution in [0.5, 0.6) is 0 Å². The summed E-state index contributed by atoms with van der Waals surface area (Å²) in [5.41, 5.74) is 9.13. The molecule has 0 fully saturated rings. The summed E-state index contributed by atoms with van der Waals surface area (Å²) in [5, 5.41) is 5.81. The van der Waals surface area contributed by atoms with Crippen molar-refractivity contribution in [1.82, 2.24) is 19.9 Å². The number of aromatic nitrogens is 4. The van der Waals surface area contributed by atoms with E-state index in [0.29, 0.717) is 11.5 Å². The van der Waals surface area contributed by atoms with Gasteiger partial charge in [0.2, 0.25) is 0 Å². The van der Waals surface area contributed by atoms with Crippen LogP contribution in [0.25, 0.3) is 44.8 Å². The van der Waals surface area contributed by atoms with Gasteiger partial charge in [-0.1, -0.05) is 24.3 Å². The Hall–Kier alpha value is -5.78. The number of hydrogen-bond acceptors (Lipinski definition) is 6. The molecule has 0 radical (unpaired) electrons. The Bertz CT molecular complexity index is 2340. The van der Waals surface area contributed by atoms with Crippen molar-refractivity contribution in [3.8, 4) is 22.8 Å². The predicted molar refractivity (Wildman–Crippen MR) is 180 cm³/mol. The van der Waals surface area contributed by atoms with Crippen molar-refractivity contribution in [1.29, 1.82) is 0 Å². The fraction of sp³-hybridized carbons (Fsp3) is 0.0571. The summed E-state index contributed by atoms with van der Waals surface area (Å²) >= 11 is 0. The Kier molecular flexibility index (Phi) is 7.31. The zero-order chi connectivity index (χ0) is 31.8. The molecule has 0 saturated carbocycles. The highest BCUT2D eigenvalue weighted by Crippen LogP contribution is 2.26. The van der Waals surface area contributed by atoms with E-state index in [-0.39, 0.29) is 5.56 Å². The monoisotopic (exact) mass is 628 g/mol. The number of hydrogen-bond donors (Lipinski definition) is 5. The van der Waals surface area contributed by atoms with E-state index in [9.17, 15) is 17.8 Å². The molecule has 1 amide bonds. The van der Waals surface area contributed by atoms with Crippen LogP contribution in [-0.4, -0.2) is 45.9 Å². The number of aromatic amines is 2. The first-order valence-corrected chi connectivity index (χ1v) is 15.9. The lowest BCUT2D eigenvalue weighted by molar-refractivity contribution is 0.102. The van der Waals surface area contributed by atoms with Gasteiger partial charge in [0.25, 0.3) is 16.0 Å². The first-order chi connectivity index (χ1) is 22.2. The van der Waals surface area contributed by atoms with Crippen LogP contribution < -0.4 is 10.6 Å². The molecule has 2 heterocycles. The maximum absolute atomic E-state index is 12.7. The van der Waals surface area contributed by atoms with Crippen molar-refractivity contribution < 1.29 is 17.8 Å². The molecule has 0 saturated heterocycles. The van der Waals surface area contributed by atoms with Gasteiger partial charge in [0, 0.05) is 29.5 Å². The molecule has 5 N–H and O–H groups in total. The van der Waals surface area contributed by atoms with Gasteiger partial charge >= 0.3 is 0 Å². The summed E-state index contributed by atoms with van der Waals surface area (Å²) in [4.78, 5) is 28.6. The molecule has 10 nitrogen and oxygen atoms in total. The SMILES string of the molecule is CNc1ccc(-c2nc3ccc(Cc4ccc5nc(-c6ccc(NC(=O)c7ccccc7S(=O)(=O)O)cc6)[nH]c5c4)cc3[nH]2)cc1. The molecule has 5 aromatic carbocycles. The normalized spacial score (nSPS) is 11.6. The molecule has 46 heavy (non-hydrogen) atoms. The molecule has 0 aliphatic rings. The van der Waals surface area contributed by atoms with Crippen LogP contribution in [-0.2, 0) is 16.5 Å². The predicted octanol–water partition coefficient (Wildman–Crippen LogP) is 6.90. The van der Waals surface area contributed by atoms with Crippen LogP contribution in [0, 0.1) is 0 Å². The Morgan fingerprint density at radius 3 is 1.76 bits per heavy atom. The number of H-pyrrole nitrogens is 2. The topological polar surface area (TPSA) is 153 Å². The summed E-state index contributed by atoms with van der Waals surface area (Å²) in [6.07, 6.45) is 0.737. The van der Waals surface area contributed by atoms with E-state index in [1.165, 1.54) is 24.3 Å². The number of nitrogens with zero attached hydrogens (tertiary/aromatic N) is 2. The second-order valence-electron chi connectivity index (χ2n) is 10.9. The van der Waals surface area contributed by atoms with Gasteiger partial charge in [-0.3, -0.25) is 9.35 Å². The Balaban J connectivity index is 1.06. The Morgan fingerprint density at radius 2 is 1.24 bits per heavy atom.